The first kappa shape index (κ1) is 49.0. The van der Waals surface area contributed by atoms with E-state index in [0.717, 1.165) is 39.3 Å². The zero-order chi connectivity index (χ0) is 38.9. The van der Waals surface area contributed by atoms with E-state index in [4.69, 9.17) is 0 Å². The molecule has 56 heavy (non-hydrogen) atoms. The summed E-state index contributed by atoms with van der Waals surface area (Å²) >= 11 is 7.94. The van der Waals surface area contributed by atoms with Gasteiger partial charge in [-0.2, -0.15) is 79.1 Å². The van der Waals surface area contributed by atoms with Crippen LogP contribution >= 0.6 is 56.7 Å². The van der Waals surface area contributed by atoms with Crippen LogP contribution in [0.25, 0.3) is 22.3 Å². The second-order valence-corrected chi connectivity index (χ2v) is 15.3. The summed E-state index contributed by atoms with van der Waals surface area (Å²) in [4.78, 5) is 0. The minimum absolute atomic E-state index is 0. The van der Waals surface area contributed by atoms with Crippen molar-refractivity contribution in [2.45, 2.75) is 46.0 Å². The van der Waals surface area contributed by atoms with E-state index in [9.17, 15) is 0 Å². The Morgan fingerprint density at radius 3 is 1.71 bits per heavy atom. The maximum absolute atomic E-state index is 3.81. The first-order valence-electron chi connectivity index (χ1n) is 18.2. The van der Waals surface area contributed by atoms with Crippen LogP contribution in [0.15, 0.2) is 161 Å². The van der Waals surface area contributed by atoms with E-state index in [1.807, 2.05) is 60.7 Å². The number of benzene rings is 6. The molecule has 8 rings (SSSR count). The van der Waals surface area contributed by atoms with Crippen molar-refractivity contribution in [3.8, 4) is 22.3 Å². The zero-order valence-electron chi connectivity index (χ0n) is 32.4. The molecule has 0 N–H and O–H groups in total. The van der Waals surface area contributed by atoms with Gasteiger partial charge in [0.05, 0.1) is 0 Å². The van der Waals surface area contributed by atoms with Crippen molar-refractivity contribution < 1.29 is 24.2 Å². The third-order valence-corrected chi connectivity index (χ3v) is 10.2. The van der Waals surface area contributed by atoms with Gasteiger partial charge in [-0.25, -0.2) is 12.2 Å². The molecule has 290 valence electrons. The molecule has 0 saturated heterocycles. The molecule has 0 aliphatic heterocycles. The predicted molar refractivity (Wildman–Crippen MR) is 252 cm³/mol. The van der Waals surface area contributed by atoms with E-state index in [0.29, 0.717) is 11.8 Å². The summed E-state index contributed by atoms with van der Waals surface area (Å²) in [6.45, 7) is 14.4. The van der Waals surface area contributed by atoms with Crippen LogP contribution in [0.1, 0.15) is 65.1 Å². The van der Waals surface area contributed by atoms with Gasteiger partial charge in [-0.3, -0.25) is 6.08 Å². The normalized spacial score (nSPS) is 11.5. The van der Waals surface area contributed by atoms with E-state index in [-0.39, 0.29) is 24.8 Å². The maximum atomic E-state index is 3.81. The van der Waals surface area contributed by atoms with Crippen molar-refractivity contribution in [3.05, 3.63) is 226 Å². The molecule has 0 heterocycles. The van der Waals surface area contributed by atoms with Gasteiger partial charge in [-0.15, -0.1) is 66.6 Å². The van der Waals surface area contributed by atoms with Crippen molar-refractivity contribution in [3.63, 3.8) is 0 Å². The summed E-state index contributed by atoms with van der Waals surface area (Å²) in [6.07, 6.45) is 12.0. The molecule has 0 amide bonds. The third-order valence-electron chi connectivity index (χ3n) is 9.16. The molecule has 0 nitrogen and oxygen atoms in total. The van der Waals surface area contributed by atoms with Crippen molar-refractivity contribution >= 4 is 60.9 Å². The fourth-order valence-electron chi connectivity index (χ4n) is 6.35. The van der Waals surface area contributed by atoms with Gasteiger partial charge in [0.1, 0.15) is 0 Å². The van der Waals surface area contributed by atoms with Crippen molar-refractivity contribution in [2.75, 3.05) is 0 Å². The van der Waals surface area contributed by atoms with Crippen LogP contribution in [-0.2, 0) is 37.1 Å². The van der Waals surface area contributed by atoms with Crippen LogP contribution in [-0.4, -0.2) is 4.21 Å². The Morgan fingerprint density at radius 2 is 1.25 bits per heavy atom. The van der Waals surface area contributed by atoms with Crippen LogP contribution in [0, 0.1) is 38.8 Å². The fourth-order valence-corrected chi connectivity index (χ4v) is 6.88. The molecule has 0 radical (unpaired) electrons. The summed E-state index contributed by atoms with van der Waals surface area (Å²) in [6, 6.07) is 50.6. The van der Waals surface area contributed by atoms with Gasteiger partial charge in [0.25, 0.3) is 0 Å². The van der Waals surface area contributed by atoms with Gasteiger partial charge in [-0.1, -0.05) is 124 Å². The third kappa shape index (κ3) is 15.3. The van der Waals surface area contributed by atoms with Crippen molar-refractivity contribution in [1.82, 2.24) is 0 Å². The molecule has 6 aromatic carbocycles. The Kier molecular flexibility index (Phi) is 22.7. The zero-order valence-corrected chi connectivity index (χ0v) is 39.7. The molecule has 0 spiro atoms. The first-order chi connectivity index (χ1) is 26.2. The topological polar surface area (TPSA) is 0 Å². The number of fused-ring (bicyclic) bond motifs is 3. The van der Waals surface area contributed by atoms with Gasteiger partial charge < -0.3 is 0 Å². The number of aryl methyl sites for hydroxylation is 1. The number of halogens is 4. The van der Waals surface area contributed by atoms with Gasteiger partial charge in [0.15, 0.2) is 0 Å². The SMILES string of the molecule is Cc1cc2c(cc1-c1ccccc1)Cc1[c-]c(CC(c3ccccc3)C(C)C)ccc1-2.Cl.Cl.[C-]1=CC=CC1.[CH2-]c1ccc(Br)cc1.[CH2-]c1ccc(Br)cc1.[CH2]=[Zr]. The summed E-state index contributed by atoms with van der Waals surface area (Å²) in [5.74, 6) is 1.11. The molecule has 2 aliphatic carbocycles. The summed E-state index contributed by atoms with van der Waals surface area (Å²) in [5, 5.41) is 0. The van der Waals surface area contributed by atoms with E-state index in [2.05, 4.69) is 174 Å². The van der Waals surface area contributed by atoms with Crippen LogP contribution in [0.3, 0.4) is 0 Å². The first-order valence-corrected chi connectivity index (χ1v) is 21.5. The van der Waals surface area contributed by atoms with E-state index in [1.165, 1.54) is 74.3 Å². The van der Waals surface area contributed by atoms with Gasteiger partial charge in [0, 0.05) is 0 Å². The van der Waals surface area contributed by atoms with Crippen molar-refractivity contribution in [2.24, 2.45) is 5.92 Å². The van der Waals surface area contributed by atoms with Gasteiger partial charge >= 0.3 is 28.4 Å². The van der Waals surface area contributed by atoms with Gasteiger partial charge in [0.2, 0.25) is 0 Å². The molecule has 6 aromatic rings. The van der Waals surface area contributed by atoms with Crippen LogP contribution < -0.4 is 0 Å². The monoisotopic (exact) mass is 980 g/mol. The molecule has 5 heteroatoms. The van der Waals surface area contributed by atoms with Crippen LogP contribution in [0.4, 0.5) is 0 Å². The molecule has 0 fully saturated rings. The standard InChI is InChI=1S/C31H29.2C7H6Br.C5H5.CH2.2ClH.Zr/c1-21(2)29(24-10-6-4-7-11-24)18-23-14-15-28-26(17-23)19-27-20-30(22(3)16-31(27)28)25-12-8-5-9-13-25;2*1-6-2-4-7(8)5-3-6;1-2-4-5-3-1;;;;/h4-16,20-21,29H,18-19H2,1-3H3;2*2-5H,1H2;1-3H,4H2;1H2;2*1H;/q4*-1;;;;. The van der Waals surface area contributed by atoms with E-state index in [1.54, 1.807) is 0 Å². The van der Waals surface area contributed by atoms with E-state index < -0.39 is 0 Å². The Bertz CT molecular complexity index is 1990. The number of hydrogen-bond acceptors (Lipinski definition) is 0. The quantitative estimate of drug-likeness (QED) is 0.151. The summed E-state index contributed by atoms with van der Waals surface area (Å²) in [5.41, 5.74) is 14.4. The summed E-state index contributed by atoms with van der Waals surface area (Å²) < 4.78 is 5.54. The Hall–Kier alpha value is -3.17. The van der Waals surface area contributed by atoms with E-state index >= 15 is 0 Å². The average Bonchev–Trinajstić information content (AvgIpc) is 3.90. The number of allylic oxidation sites excluding steroid dienone is 4. The minimum atomic E-state index is 0. The molecular weight excluding hydrogens is 934 g/mol. The Balaban J connectivity index is 0.000000351. The van der Waals surface area contributed by atoms with Crippen LogP contribution in [0.5, 0.6) is 0 Å². The number of rotatable bonds is 5. The van der Waals surface area contributed by atoms with Crippen molar-refractivity contribution in [1.29, 1.82) is 0 Å². The average molecular weight is 985 g/mol. The predicted octanol–water partition coefficient (Wildman–Crippen LogP) is 15.4. The second-order valence-electron chi connectivity index (χ2n) is 13.5. The number of hydrogen-bond donors (Lipinski definition) is 0. The molecule has 1 atom stereocenters. The molecule has 0 aromatic heterocycles. The molecule has 2 aliphatic rings. The molecule has 0 bridgehead atoms. The fraction of sp³-hybridized carbons (Fsp3) is 0.157. The second kappa shape index (κ2) is 26.0. The van der Waals surface area contributed by atoms with Gasteiger partial charge in [-0.05, 0) is 68.4 Å². The Labute approximate surface area is 381 Å². The summed E-state index contributed by atoms with van der Waals surface area (Å²) in [7, 11) is 0. The molecular formula is C51H50Br2Cl2Zr-4. The van der Waals surface area contributed by atoms with Crippen LogP contribution in [0.2, 0.25) is 0 Å². The molecule has 1 unspecified atom stereocenters. The Morgan fingerprint density at radius 1 is 0.696 bits per heavy atom. The molecule has 0 saturated carbocycles.